The molecule has 2 aromatic carbocycles. The van der Waals surface area contributed by atoms with Crippen LogP contribution in [0.4, 0.5) is 0 Å². The smallest absolute Gasteiger partial charge is 0.224 e. The Morgan fingerprint density at radius 3 is 2.52 bits per heavy atom. The fourth-order valence-electron chi connectivity index (χ4n) is 3.26. The molecule has 1 aliphatic heterocycles. The minimum Gasteiger partial charge on any atom is -0.355 e. The van der Waals surface area contributed by atoms with Crippen molar-refractivity contribution in [3.8, 4) is 11.1 Å². The Hall–Kier alpha value is -2.46. The van der Waals surface area contributed by atoms with Crippen molar-refractivity contribution in [1.82, 2.24) is 10.2 Å². The highest BCUT2D eigenvalue weighted by Crippen LogP contribution is 2.21. The molecule has 4 heteroatoms. The van der Waals surface area contributed by atoms with Crippen LogP contribution in [0.15, 0.2) is 48.5 Å². The molecule has 1 fully saturated rings. The molecule has 1 heterocycles. The topological polar surface area (TPSA) is 49.4 Å². The first-order valence-electron chi connectivity index (χ1n) is 8.88. The molecule has 1 saturated heterocycles. The highest BCUT2D eigenvalue weighted by molar-refractivity contribution is 5.80. The van der Waals surface area contributed by atoms with Gasteiger partial charge in [-0.3, -0.25) is 9.59 Å². The lowest BCUT2D eigenvalue weighted by atomic mass is 10.0. The van der Waals surface area contributed by atoms with Gasteiger partial charge in [0, 0.05) is 18.7 Å². The number of aldehydes is 1. The summed E-state index contributed by atoms with van der Waals surface area (Å²) < 4.78 is 0. The van der Waals surface area contributed by atoms with Gasteiger partial charge < -0.3 is 10.2 Å². The van der Waals surface area contributed by atoms with Crippen molar-refractivity contribution in [1.29, 1.82) is 0 Å². The summed E-state index contributed by atoms with van der Waals surface area (Å²) in [4.78, 5) is 25.5. The Kier molecular flexibility index (Phi) is 5.96. The average Bonchev–Trinajstić information content (AvgIpc) is 3.15. The lowest BCUT2D eigenvalue weighted by molar-refractivity contribution is -0.120. The van der Waals surface area contributed by atoms with Crippen LogP contribution in [-0.2, 0) is 11.2 Å². The molecular formula is C21H24N2O2. The quantitative estimate of drug-likeness (QED) is 0.791. The number of hydrogen-bond acceptors (Lipinski definition) is 3. The van der Waals surface area contributed by atoms with Crippen molar-refractivity contribution < 1.29 is 9.59 Å². The molecule has 0 radical (unpaired) electrons. The minimum absolute atomic E-state index is 0.0537. The van der Waals surface area contributed by atoms with E-state index in [1.54, 1.807) is 6.07 Å². The summed E-state index contributed by atoms with van der Waals surface area (Å²) in [6.07, 6.45) is 3.76. The Morgan fingerprint density at radius 2 is 1.76 bits per heavy atom. The fourth-order valence-corrected chi connectivity index (χ4v) is 3.26. The van der Waals surface area contributed by atoms with Crippen LogP contribution in [0.3, 0.4) is 0 Å². The van der Waals surface area contributed by atoms with Gasteiger partial charge in [0.1, 0.15) is 6.29 Å². The number of carbonyl (C=O) groups excluding carboxylic acids is 2. The standard InChI is InChI=1S/C21H24N2O2/c24-16-18-6-4-8-20(14-18)19-7-3-5-17(13-19)15-21(25)22-9-12-23-10-1-2-11-23/h3-8,13-14,16H,1-2,9-12,15H2,(H,22,25). The van der Waals surface area contributed by atoms with Crippen LogP contribution in [0.5, 0.6) is 0 Å². The zero-order valence-corrected chi connectivity index (χ0v) is 14.4. The number of carbonyl (C=O) groups is 2. The van der Waals surface area contributed by atoms with Crippen molar-refractivity contribution >= 4 is 12.2 Å². The van der Waals surface area contributed by atoms with Crippen LogP contribution < -0.4 is 5.32 Å². The molecular weight excluding hydrogens is 312 g/mol. The lowest BCUT2D eigenvalue weighted by Gasteiger charge is -2.14. The van der Waals surface area contributed by atoms with E-state index in [1.165, 1.54) is 12.8 Å². The molecule has 25 heavy (non-hydrogen) atoms. The third-order valence-electron chi connectivity index (χ3n) is 4.60. The van der Waals surface area contributed by atoms with Gasteiger partial charge in [0.15, 0.2) is 0 Å². The van der Waals surface area contributed by atoms with Gasteiger partial charge in [0.2, 0.25) is 5.91 Å². The Bertz CT molecular complexity index is 736. The van der Waals surface area contributed by atoms with Gasteiger partial charge >= 0.3 is 0 Å². The first-order chi connectivity index (χ1) is 12.2. The molecule has 0 unspecified atom stereocenters. The van der Waals surface area contributed by atoms with E-state index < -0.39 is 0 Å². The Morgan fingerprint density at radius 1 is 1.04 bits per heavy atom. The zero-order valence-electron chi connectivity index (χ0n) is 14.4. The van der Waals surface area contributed by atoms with E-state index >= 15 is 0 Å². The monoisotopic (exact) mass is 336 g/mol. The van der Waals surface area contributed by atoms with Gasteiger partial charge in [0.25, 0.3) is 0 Å². The molecule has 0 aliphatic carbocycles. The van der Waals surface area contributed by atoms with Crippen LogP contribution in [-0.4, -0.2) is 43.3 Å². The Balaban J connectivity index is 1.57. The second-order valence-corrected chi connectivity index (χ2v) is 6.52. The van der Waals surface area contributed by atoms with Gasteiger partial charge in [-0.15, -0.1) is 0 Å². The van der Waals surface area contributed by atoms with Crippen LogP contribution in [0.25, 0.3) is 11.1 Å². The van der Waals surface area contributed by atoms with Crippen LogP contribution in [0.2, 0.25) is 0 Å². The molecule has 3 rings (SSSR count). The van der Waals surface area contributed by atoms with Gasteiger partial charge in [0.05, 0.1) is 6.42 Å². The van der Waals surface area contributed by atoms with Crippen molar-refractivity contribution in [3.63, 3.8) is 0 Å². The van der Waals surface area contributed by atoms with E-state index in [0.717, 1.165) is 42.6 Å². The van der Waals surface area contributed by atoms with Gasteiger partial charge in [-0.25, -0.2) is 0 Å². The molecule has 4 nitrogen and oxygen atoms in total. The maximum atomic E-state index is 12.2. The summed E-state index contributed by atoms with van der Waals surface area (Å²) in [5.41, 5.74) is 3.64. The molecule has 0 atom stereocenters. The predicted octanol–water partition coefficient (Wildman–Crippen LogP) is 2.92. The first kappa shape index (κ1) is 17.4. The van der Waals surface area contributed by atoms with E-state index in [2.05, 4.69) is 10.2 Å². The summed E-state index contributed by atoms with van der Waals surface area (Å²) in [6, 6.07) is 15.4. The highest BCUT2D eigenvalue weighted by Gasteiger charge is 2.11. The van der Waals surface area contributed by atoms with Crippen LogP contribution in [0.1, 0.15) is 28.8 Å². The summed E-state index contributed by atoms with van der Waals surface area (Å²) in [6.45, 7) is 3.94. The largest absolute Gasteiger partial charge is 0.355 e. The van der Waals surface area contributed by atoms with E-state index in [0.29, 0.717) is 18.5 Å². The maximum absolute atomic E-state index is 12.2. The van der Waals surface area contributed by atoms with E-state index in [-0.39, 0.29) is 5.91 Å². The van der Waals surface area contributed by atoms with Gasteiger partial charge in [-0.2, -0.15) is 0 Å². The van der Waals surface area contributed by atoms with Crippen molar-refractivity contribution in [2.24, 2.45) is 0 Å². The number of likely N-dealkylation sites (tertiary alicyclic amines) is 1. The molecule has 0 saturated carbocycles. The summed E-state index contributed by atoms with van der Waals surface area (Å²) >= 11 is 0. The fraction of sp³-hybridized carbons (Fsp3) is 0.333. The zero-order chi connectivity index (χ0) is 17.5. The van der Waals surface area contributed by atoms with E-state index in [4.69, 9.17) is 0 Å². The third-order valence-corrected chi connectivity index (χ3v) is 4.60. The second kappa shape index (κ2) is 8.58. The maximum Gasteiger partial charge on any atom is 0.224 e. The summed E-state index contributed by atoms with van der Waals surface area (Å²) in [5, 5.41) is 3.01. The van der Waals surface area contributed by atoms with E-state index in [9.17, 15) is 9.59 Å². The second-order valence-electron chi connectivity index (χ2n) is 6.52. The van der Waals surface area contributed by atoms with Crippen molar-refractivity contribution in [2.45, 2.75) is 19.3 Å². The van der Waals surface area contributed by atoms with Gasteiger partial charge in [-0.05, 0) is 48.7 Å². The number of hydrogen-bond donors (Lipinski definition) is 1. The number of nitrogens with one attached hydrogen (secondary N) is 1. The molecule has 1 N–H and O–H groups in total. The molecule has 1 amide bonds. The molecule has 2 aromatic rings. The van der Waals surface area contributed by atoms with Crippen molar-refractivity contribution in [2.75, 3.05) is 26.2 Å². The van der Waals surface area contributed by atoms with Gasteiger partial charge in [-0.1, -0.05) is 42.5 Å². The third kappa shape index (κ3) is 5.00. The van der Waals surface area contributed by atoms with Crippen molar-refractivity contribution in [3.05, 3.63) is 59.7 Å². The normalized spacial score (nSPS) is 14.4. The SMILES string of the molecule is O=Cc1cccc(-c2cccc(CC(=O)NCCN3CCCC3)c2)c1. The molecule has 0 aromatic heterocycles. The lowest BCUT2D eigenvalue weighted by Crippen LogP contribution is -2.34. The minimum atomic E-state index is 0.0537. The number of benzene rings is 2. The molecule has 1 aliphatic rings. The molecule has 130 valence electrons. The van der Waals surface area contributed by atoms with Crippen LogP contribution >= 0.6 is 0 Å². The Labute approximate surface area is 148 Å². The highest BCUT2D eigenvalue weighted by atomic mass is 16.1. The molecule has 0 bridgehead atoms. The summed E-state index contributed by atoms with van der Waals surface area (Å²) in [5.74, 6) is 0.0537. The van der Waals surface area contributed by atoms with E-state index in [1.807, 2.05) is 42.5 Å². The number of amides is 1. The van der Waals surface area contributed by atoms with Crippen LogP contribution in [0, 0.1) is 0 Å². The molecule has 0 spiro atoms. The summed E-state index contributed by atoms with van der Waals surface area (Å²) in [7, 11) is 0. The first-order valence-corrected chi connectivity index (χ1v) is 8.88. The predicted molar refractivity (Wildman–Crippen MR) is 99.7 cm³/mol. The number of rotatable bonds is 7. The average molecular weight is 336 g/mol. The number of nitrogens with zero attached hydrogens (tertiary/aromatic N) is 1.